The molecule has 0 aromatic rings. The molecule has 4 heteroatoms. The van der Waals surface area contributed by atoms with Gasteiger partial charge in [-0.2, -0.15) is 4.36 Å². The molecule has 0 fully saturated rings. The highest BCUT2D eigenvalue weighted by Gasteiger charge is 2.15. The van der Waals surface area contributed by atoms with Crippen molar-refractivity contribution in [3.63, 3.8) is 0 Å². The van der Waals surface area contributed by atoms with E-state index in [-0.39, 0.29) is 10.7 Å². The lowest BCUT2D eigenvalue weighted by Crippen LogP contribution is -2.22. The molecule has 0 aliphatic heterocycles. The van der Waals surface area contributed by atoms with Crippen LogP contribution in [0, 0.1) is 0 Å². The van der Waals surface area contributed by atoms with E-state index in [1.165, 1.54) is 0 Å². The van der Waals surface area contributed by atoms with Gasteiger partial charge in [-0.15, -0.1) is 0 Å². The molecule has 0 aliphatic carbocycles. The SMILES string of the molecule is CC(C)/S(C)=N/C(=O)OC(C)(C)C. The van der Waals surface area contributed by atoms with Crippen molar-refractivity contribution in [3.05, 3.63) is 0 Å². The van der Waals surface area contributed by atoms with Crippen LogP contribution in [0.3, 0.4) is 0 Å². The third-order valence-corrected chi connectivity index (χ3v) is 3.10. The van der Waals surface area contributed by atoms with E-state index in [9.17, 15) is 4.79 Å². The first-order chi connectivity index (χ1) is 5.72. The molecule has 0 rings (SSSR count). The number of nitrogens with zero attached hydrogens (tertiary/aromatic N) is 1. The minimum Gasteiger partial charge on any atom is -0.442 e. The molecule has 0 aromatic heterocycles. The first kappa shape index (κ1) is 12.6. The van der Waals surface area contributed by atoms with Crippen LogP contribution < -0.4 is 0 Å². The van der Waals surface area contributed by atoms with Gasteiger partial charge in [-0.3, -0.25) is 0 Å². The predicted octanol–water partition coefficient (Wildman–Crippen LogP) is 2.76. The van der Waals surface area contributed by atoms with Crippen molar-refractivity contribution in [2.75, 3.05) is 6.26 Å². The average molecular weight is 205 g/mol. The highest BCUT2D eigenvalue weighted by molar-refractivity contribution is 7.87. The van der Waals surface area contributed by atoms with Gasteiger partial charge in [-0.1, -0.05) is 24.5 Å². The van der Waals surface area contributed by atoms with E-state index in [1.807, 2.05) is 40.9 Å². The molecule has 0 spiro atoms. The van der Waals surface area contributed by atoms with Crippen molar-refractivity contribution in [2.24, 2.45) is 4.36 Å². The van der Waals surface area contributed by atoms with E-state index in [1.54, 1.807) is 0 Å². The highest BCUT2D eigenvalue weighted by Crippen LogP contribution is 2.09. The number of hydrogen-bond donors (Lipinski definition) is 0. The molecule has 0 aliphatic rings. The summed E-state index contributed by atoms with van der Waals surface area (Å²) in [5, 5.41) is 0.396. The second-order valence-corrected chi connectivity index (χ2v) is 6.32. The normalized spacial score (nSPS) is 14.7. The summed E-state index contributed by atoms with van der Waals surface area (Å²) in [6.07, 6.45) is 1.49. The number of carbonyl (C=O) groups excluding carboxylic acids is 1. The Kier molecular flexibility index (Phi) is 4.61. The summed E-state index contributed by atoms with van der Waals surface area (Å²) < 4.78 is 8.99. The van der Waals surface area contributed by atoms with Crippen LogP contribution in [0.1, 0.15) is 34.6 Å². The van der Waals surface area contributed by atoms with E-state index >= 15 is 0 Å². The third kappa shape index (κ3) is 6.75. The van der Waals surface area contributed by atoms with Crippen molar-refractivity contribution in [1.29, 1.82) is 0 Å². The number of carbonyl (C=O) groups is 1. The topological polar surface area (TPSA) is 38.7 Å². The zero-order chi connectivity index (χ0) is 10.6. The van der Waals surface area contributed by atoms with Crippen LogP contribution in [0.5, 0.6) is 0 Å². The van der Waals surface area contributed by atoms with Gasteiger partial charge in [0.15, 0.2) is 0 Å². The summed E-state index contributed by atoms with van der Waals surface area (Å²) in [6, 6.07) is 0. The van der Waals surface area contributed by atoms with E-state index in [2.05, 4.69) is 4.36 Å². The minimum absolute atomic E-state index is 0.236. The lowest BCUT2D eigenvalue weighted by molar-refractivity contribution is 0.0608. The molecule has 0 aromatic carbocycles. The van der Waals surface area contributed by atoms with Crippen LogP contribution in [0.4, 0.5) is 4.79 Å². The Bertz CT molecular complexity index is 216. The largest absolute Gasteiger partial charge is 0.442 e. The maximum absolute atomic E-state index is 11.2. The molecule has 78 valence electrons. The number of amides is 1. The molecule has 13 heavy (non-hydrogen) atoms. The summed E-state index contributed by atoms with van der Waals surface area (Å²) in [5.41, 5.74) is -0.443. The molecule has 0 saturated heterocycles. The zero-order valence-electron chi connectivity index (χ0n) is 9.25. The van der Waals surface area contributed by atoms with Gasteiger partial charge in [-0.25, -0.2) is 4.79 Å². The van der Waals surface area contributed by atoms with Gasteiger partial charge in [-0.05, 0) is 27.0 Å². The Hall–Kier alpha value is -0.380. The predicted molar refractivity (Wildman–Crippen MR) is 57.1 cm³/mol. The monoisotopic (exact) mass is 205 g/mol. The second kappa shape index (κ2) is 4.74. The van der Waals surface area contributed by atoms with Gasteiger partial charge in [0, 0.05) is 5.25 Å². The molecular formula is C9H19NO2S. The first-order valence-corrected chi connectivity index (χ1v) is 5.97. The van der Waals surface area contributed by atoms with Crippen LogP contribution in [-0.2, 0) is 15.4 Å². The maximum Gasteiger partial charge on any atom is 0.440 e. The van der Waals surface area contributed by atoms with Crippen molar-refractivity contribution in [3.8, 4) is 0 Å². The van der Waals surface area contributed by atoms with Crippen LogP contribution in [0.25, 0.3) is 0 Å². The molecule has 0 bridgehead atoms. The van der Waals surface area contributed by atoms with Crippen LogP contribution in [0.15, 0.2) is 4.36 Å². The van der Waals surface area contributed by atoms with E-state index in [0.29, 0.717) is 5.25 Å². The first-order valence-electron chi connectivity index (χ1n) is 4.32. The molecule has 0 radical (unpaired) electrons. The van der Waals surface area contributed by atoms with Gasteiger partial charge >= 0.3 is 6.09 Å². The van der Waals surface area contributed by atoms with Crippen LogP contribution in [0.2, 0.25) is 0 Å². The van der Waals surface area contributed by atoms with E-state index in [4.69, 9.17) is 4.74 Å². The molecule has 1 atom stereocenters. The lowest BCUT2D eigenvalue weighted by atomic mass is 10.2. The Balaban J connectivity index is 4.24. The summed E-state index contributed by atoms with van der Waals surface area (Å²) in [5.74, 6) is 0. The highest BCUT2D eigenvalue weighted by atomic mass is 32.2. The van der Waals surface area contributed by atoms with Crippen LogP contribution >= 0.6 is 0 Å². The van der Waals surface area contributed by atoms with Crippen molar-refractivity contribution < 1.29 is 9.53 Å². The standard InChI is InChI=1S/C9H19NO2S/c1-7(2)13(6)10-8(11)12-9(3,4)5/h7H,1-6H3. The zero-order valence-corrected chi connectivity index (χ0v) is 10.1. The summed E-state index contributed by atoms with van der Waals surface area (Å²) >= 11 is 0. The number of rotatable bonds is 1. The average Bonchev–Trinajstić information content (AvgIpc) is 1.81. The maximum atomic E-state index is 11.2. The molecule has 0 heterocycles. The Morgan fingerprint density at radius 3 is 2.15 bits per heavy atom. The molecular weight excluding hydrogens is 186 g/mol. The fourth-order valence-electron chi connectivity index (χ4n) is 0.504. The van der Waals surface area contributed by atoms with E-state index < -0.39 is 11.7 Å². The quantitative estimate of drug-likeness (QED) is 0.660. The molecule has 0 saturated carbocycles. The molecule has 0 N–H and O–H groups in total. The smallest absolute Gasteiger partial charge is 0.440 e. The molecule has 1 amide bonds. The van der Waals surface area contributed by atoms with Crippen molar-refractivity contribution in [2.45, 2.75) is 45.5 Å². The van der Waals surface area contributed by atoms with Gasteiger partial charge in [0.2, 0.25) is 0 Å². The fraction of sp³-hybridized carbons (Fsp3) is 0.889. The Morgan fingerprint density at radius 2 is 1.85 bits per heavy atom. The molecule has 3 nitrogen and oxygen atoms in total. The van der Waals surface area contributed by atoms with Crippen molar-refractivity contribution in [1.82, 2.24) is 0 Å². The van der Waals surface area contributed by atoms with Gasteiger partial charge < -0.3 is 4.74 Å². The summed E-state index contributed by atoms with van der Waals surface area (Å²) in [7, 11) is -0.236. The van der Waals surface area contributed by atoms with Crippen molar-refractivity contribution >= 4 is 16.8 Å². The Morgan fingerprint density at radius 1 is 1.38 bits per heavy atom. The minimum atomic E-state index is -0.452. The number of ether oxygens (including phenoxy) is 1. The summed E-state index contributed by atoms with van der Waals surface area (Å²) in [4.78, 5) is 11.2. The summed E-state index contributed by atoms with van der Waals surface area (Å²) in [6.45, 7) is 9.59. The van der Waals surface area contributed by atoms with Gasteiger partial charge in [0.1, 0.15) is 5.60 Å². The van der Waals surface area contributed by atoms with Gasteiger partial charge in [0.05, 0.1) is 0 Å². The fourth-order valence-corrected chi connectivity index (χ4v) is 0.987. The van der Waals surface area contributed by atoms with Crippen LogP contribution in [-0.4, -0.2) is 23.2 Å². The van der Waals surface area contributed by atoms with Gasteiger partial charge in [0.25, 0.3) is 0 Å². The second-order valence-electron chi connectivity index (χ2n) is 4.14. The number of hydrogen-bond acceptors (Lipinski definition) is 2. The lowest BCUT2D eigenvalue weighted by Gasteiger charge is -2.17. The Labute approximate surface area is 83.0 Å². The molecule has 1 unspecified atom stereocenters. The third-order valence-electron chi connectivity index (χ3n) is 1.29. The van der Waals surface area contributed by atoms with E-state index in [0.717, 1.165) is 0 Å².